The third-order valence-corrected chi connectivity index (χ3v) is 1.86. The first-order valence-corrected chi connectivity index (χ1v) is 3.92. The van der Waals surface area contributed by atoms with Crippen LogP contribution in [-0.4, -0.2) is 0 Å². The lowest BCUT2D eigenvalue weighted by Crippen LogP contribution is -2.07. The lowest BCUT2D eigenvalue weighted by molar-refractivity contribution is 0.739. The smallest absolute Gasteiger partial charge is 0.0406 e. The standard InChI is InChI=1S/C9H11ClN/c1-2-9(11)7-3-5-8(10)6-4-7/h3-6,9H,1-2,11H2. The fourth-order valence-corrected chi connectivity index (χ4v) is 1.00. The second-order valence-corrected chi connectivity index (χ2v) is 2.88. The summed E-state index contributed by atoms with van der Waals surface area (Å²) in [5.41, 5.74) is 6.83. The molecule has 0 heterocycles. The van der Waals surface area contributed by atoms with Gasteiger partial charge in [0.25, 0.3) is 0 Å². The van der Waals surface area contributed by atoms with Gasteiger partial charge < -0.3 is 5.73 Å². The number of halogens is 1. The highest BCUT2D eigenvalue weighted by atomic mass is 35.5. The van der Waals surface area contributed by atoms with Crippen LogP contribution in [0.5, 0.6) is 0 Å². The monoisotopic (exact) mass is 168 g/mol. The molecular formula is C9H11ClN. The van der Waals surface area contributed by atoms with Gasteiger partial charge in [0.05, 0.1) is 0 Å². The third kappa shape index (κ3) is 2.21. The Kier molecular flexibility index (Phi) is 2.92. The predicted octanol–water partition coefficient (Wildman–Crippen LogP) is 2.56. The van der Waals surface area contributed by atoms with Gasteiger partial charge in [0.2, 0.25) is 0 Å². The van der Waals surface area contributed by atoms with E-state index in [0.717, 1.165) is 10.6 Å². The van der Waals surface area contributed by atoms with Crippen molar-refractivity contribution in [1.29, 1.82) is 0 Å². The van der Waals surface area contributed by atoms with Crippen molar-refractivity contribution in [2.45, 2.75) is 12.5 Å². The Balaban J connectivity index is 2.81. The zero-order valence-corrected chi connectivity index (χ0v) is 7.01. The van der Waals surface area contributed by atoms with Crippen LogP contribution >= 0.6 is 11.6 Å². The van der Waals surface area contributed by atoms with Crippen LogP contribution in [0.4, 0.5) is 0 Å². The van der Waals surface area contributed by atoms with Gasteiger partial charge in [-0.05, 0) is 24.1 Å². The maximum absolute atomic E-state index is 5.74. The first kappa shape index (κ1) is 8.57. The summed E-state index contributed by atoms with van der Waals surface area (Å²) in [6.07, 6.45) is 0.710. The average Bonchev–Trinajstić information content (AvgIpc) is 2.05. The quantitative estimate of drug-likeness (QED) is 0.722. The van der Waals surface area contributed by atoms with Crippen molar-refractivity contribution in [3.63, 3.8) is 0 Å². The average molecular weight is 169 g/mol. The normalized spacial score (nSPS) is 13.0. The summed E-state index contributed by atoms with van der Waals surface area (Å²) in [4.78, 5) is 0. The van der Waals surface area contributed by atoms with Crippen LogP contribution in [0.2, 0.25) is 5.02 Å². The minimum Gasteiger partial charge on any atom is -0.324 e. The van der Waals surface area contributed by atoms with E-state index in [4.69, 9.17) is 17.3 Å². The zero-order chi connectivity index (χ0) is 8.27. The van der Waals surface area contributed by atoms with Gasteiger partial charge >= 0.3 is 0 Å². The molecule has 1 aromatic rings. The van der Waals surface area contributed by atoms with Crippen LogP contribution in [0, 0.1) is 6.92 Å². The zero-order valence-electron chi connectivity index (χ0n) is 6.26. The van der Waals surface area contributed by atoms with Gasteiger partial charge in [0, 0.05) is 11.1 Å². The van der Waals surface area contributed by atoms with E-state index < -0.39 is 0 Å². The number of hydrogen-bond donors (Lipinski definition) is 1. The van der Waals surface area contributed by atoms with Crippen molar-refractivity contribution in [3.8, 4) is 0 Å². The molecule has 1 nitrogen and oxygen atoms in total. The molecule has 0 aliphatic carbocycles. The Bertz CT molecular complexity index is 218. The third-order valence-electron chi connectivity index (χ3n) is 1.61. The summed E-state index contributed by atoms with van der Waals surface area (Å²) in [5.74, 6) is 0. The van der Waals surface area contributed by atoms with Gasteiger partial charge in [-0.15, -0.1) is 0 Å². The highest BCUT2D eigenvalue weighted by Gasteiger charge is 2.00. The summed E-state index contributed by atoms with van der Waals surface area (Å²) >= 11 is 5.70. The molecule has 0 amide bonds. The van der Waals surface area contributed by atoms with Crippen LogP contribution < -0.4 is 5.73 Å². The molecule has 0 aromatic heterocycles. The summed E-state index contributed by atoms with van der Waals surface area (Å²) in [6.45, 7) is 3.73. The summed E-state index contributed by atoms with van der Waals surface area (Å²) in [5, 5.41) is 0.741. The van der Waals surface area contributed by atoms with E-state index >= 15 is 0 Å². The highest BCUT2D eigenvalue weighted by molar-refractivity contribution is 6.30. The topological polar surface area (TPSA) is 26.0 Å². The Morgan fingerprint density at radius 2 is 1.91 bits per heavy atom. The SMILES string of the molecule is [CH2]CC(N)c1ccc(Cl)cc1. The van der Waals surface area contributed by atoms with Gasteiger partial charge in [-0.3, -0.25) is 0 Å². The van der Waals surface area contributed by atoms with E-state index in [-0.39, 0.29) is 6.04 Å². The van der Waals surface area contributed by atoms with Crippen molar-refractivity contribution in [2.75, 3.05) is 0 Å². The van der Waals surface area contributed by atoms with Gasteiger partial charge in [0.1, 0.15) is 0 Å². The Labute approximate surface area is 72.2 Å². The molecule has 0 bridgehead atoms. The molecular weight excluding hydrogens is 158 g/mol. The Morgan fingerprint density at radius 1 is 1.36 bits per heavy atom. The molecule has 0 aliphatic heterocycles. The maximum Gasteiger partial charge on any atom is 0.0406 e. The molecule has 0 saturated carbocycles. The fraction of sp³-hybridized carbons (Fsp3) is 0.222. The predicted molar refractivity (Wildman–Crippen MR) is 48.4 cm³/mol. The van der Waals surface area contributed by atoms with E-state index in [9.17, 15) is 0 Å². The molecule has 0 spiro atoms. The van der Waals surface area contributed by atoms with Gasteiger partial charge in [-0.2, -0.15) is 0 Å². The summed E-state index contributed by atoms with van der Waals surface area (Å²) in [7, 11) is 0. The van der Waals surface area contributed by atoms with E-state index in [1.54, 1.807) is 0 Å². The van der Waals surface area contributed by atoms with Crippen LogP contribution in [0.1, 0.15) is 18.0 Å². The minimum absolute atomic E-state index is 0.0345. The van der Waals surface area contributed by atoms with Gasteiger partial charge in [0.15, 0.2) is 0 Å². The van der Waals surface area contributed by atoms with Gasteiger partial charge in [-0.25, -0.2) is 0 Å². The van der Waals surface area contributed by atoms with Crippen molar-refractivity contribution in [2.24, 2.45) is 5.73 Å². The number of nitrogens with two attached hydrogens (primary N) is 1. The van der Waals surface area contributed by atoms with E-state index in [1.165, 1.54) is 0 Å². The first-order chi connectivity index (χ1) is 5.24. The molecule has 59 valence electrons. The van der Waals surface area contributed by atoms with Crippen molar-refractivity contribution >= 4 is 11.6 Å². The van der Waals surface area contributed by atoms with Crippen LogP contribution in [-0.2, 0) is 0 Å². The Hall–Kier alpha value is -0.530. The molecule has 0 aliphatic rings. The number of hydrogen-bond acceptors (Lipinski definition) is 1. The number of rotatable bonds is 2. The van der Waals surface area contributed by atoms with Gasteiger partial charge in [-0.1, -0.05) is 30.7 Å². The molecule has 2 heteroatoms. The molecule has 1 radical (unpaired) electrons. The van der Waals surface area contributed by atoms with Crippen molar-refractivity contribution in [3.05, 3.63) is 41.8 Å². The second-order valence-electron chi connectivity index (χ2n) is 2.45. The van der Waals surface area contributed by atoms with E-state index in [2.05, 4.69) is 6.92 Å². The minimum atomic E-state index is 0.0345. The lowest BCUT2D eigenvalue weighted by atomic mass is 10.1. The van der Waals surface area contributed by atoms with Crippen molar-refractivity contribution < 1.29 is 0 Å². The molecule has 1 atom stereocenters. The molecule has 0 saturated heterocycles. The molecule has 1 unspecified atom stereocenters. The van der Waals surface area contributed by atoms with Crippen LogP contribution in [0.25, 0.3) is 0 Å². The molecule has 0 fully saturated rings. The lowest BCUT2D eigenvalue weighted by Gasteiger charge is -2.07. The highest BCUT2D eigenvalue weighted by Crippen LogP contribution is 2.16. The maximum atomic E-state index is 5.74. The summed E-state index contributed by atoms with van der Waals surface area (Å²) in [6, 6.07) is 7.57. The molecule has 11 heavy (non-hydrogen) atoms. The van der Waals surface area contributed by atoms with Crippen molar-refractivity contribution in [1.82, 2.24) is 0 Å². The van der Waals surface area contributed by atoms with Crippen LogP contribution in [0.3, 0.4) is 0 Å². The van der Waals surface area contributed by atoms with E-state index in [0.29, 0.717) is 6.42 Å². The van der Waals surface area contributed by atoms with Crippen LogP contribution in [0.15, 0.2) is 24.3 Å². The van der Waals surface area contributed by atoms with E-state index in [1.807, 2.05) is 24.3 Å². The number of benzene rings is 1. The first-order valence-electron chi connectivity index (χ1n) is 3.54. The Morgan fingerprint density at radius 3 is 2.36 bits per heavy atom. The second kappa shape index (κ2) is 3.74. The summed E-state index contributed by atoms with van der Waals surface area (Å²) < 4.78 is 0. The molecule has 1 aromatic carbocycles. The molecule has 1 rings (SSSR count). The molecule has 2 N–H and O–H groups in total. The largest absolute Gasteiger partial charge is 0.324 e. The fourth-order valence-electron chi connectivity index (χ4n) is 0.877.